The van der Waals surface area contributed by atoms with Crippen molar-refractivity contribution in [1.82, 2.24) is 0 Å². The topological polar surface area (TPSA) is 57.5 Å². The van der Waals surface area contributed by atoms with Gasteiger partial charge in [-0.3, -0.25) is 4.79 Å². The summed E-state index contributed by atoms with van der Waals surface area (Å²) in [5.74, 6) is -0.737. The molecule has 0 saturated heterocycles. The van der Waals surface area contributed by atoms with Crippen molar-refractivity contribution in [2.24, 2.45) is 0 Å². The average Bonchev–Trinajstić information content (AvgIpc) is 2.51. The van der Waals surface area contributed by atoms with Crippen molar-refractivity contribution in [3.63, 3.8) is 0 Å². The molecule has 0 aliphatic heterocycles. The summed E-state index contributed by atoms with van der Waals surface area (Å²) in [6.07, 6.45) is 5.40. The molecule has 0 radical (unpaired) electrons. The summed E-state index contributed by atoms with van der Waals surface area (Å²) in [5, 5.41) is 19.0. The van der Waals surface area contributed by atoms with E-state index in [1.165, 1.54) is 0 Å². The van der Waals surface area contributed by atoms with Crippen LogP contribution < -0.4 is 0 Å². The van der Waals surface area contributed by atoms with E-state index in [9.17, 15) is 23.1 Å². The molecule has 0 bridgehead atoms. The Labute approximate surface area is 153 Å². The number of carbonyl (C=O) groups is 1. The summed E-state index contributed by atoms with van der Waals surface area (Å²) >= 11 is 1.81. The van der Waals surface area contributed by atoms with Crippen LogP contribution in [0.3, 0.4) is 0 Å². The number of hydrogen-bond acceptors (Lipinski definition) is 3. The van der Waals surface area contributed by atoms with E-state index in [0.29, 0.717) is 24.5 Å². The molecule has 0 amide bonds. The Hall–Kier alpha value is -0.430. The third kappa shape index (κ3) is 18.2. The zero-order valence-electron chi connectivity index (χ0n) is 15.2. The van der Waals surface area contributed by atoms with E-state index < -0.39 is 24.7 Å². The van der Waals surface area contributed by atoms with Gasteiger partial charge >= 0.3 is 12.1 Å². The van der Waals surface area contributed by atoms with Crippen LogP contribution in [0.25, 0.3) is 0 Å². The first-order valence-electron chi connectivity index (χ1n) is 9.24. The number of unbranched alkanes of at least 4 members (excludes halogenated alkanes) is 4. The monoisotopic (exact) mass is 386 g/mol. The molecule has 0 aromatic rings. The zero-order valence-corrected chi connectivity index (χ0v) is 16.0. The van der Waals surface area contributed by atoms with Gasteiger partial charge in [-0.25, -0.2) is 0 Å². The standard InChI is InChI=1S/C18H33F3O3S/c1-25-16(11-4-2-3-5-13-17(23)24)12-8-10-15(22)9-6-7-14-18(19,20)21/h15-16,22H,2-14H2,1H3,(H,23,24). The molecule has 0 rings (SSSR count). The highest BCUT2D eigenvalue weighted by atomic mass is 32.2. The van der Waals surface area contributed by atoms with Crippen molar-refractivity contribution in [3.8, 4) is 0 Å². The van der Waals surface area contributed by atoms with Crippen LogP contribution in [-0.2, 0) is 4.79 Å². The van der Waals surface area contributed by atoms with Crippen LogP contribution in [0.1, 0.15) is 83.5 Å². The molecule has 0 aliphatic rings. The fourth-order valence-electron chi connectivity index (χ4n) is 2.81. The highest BCUT2D eigenvalue weighted by molar-refractivity contribution is 7.99. The number of aliphatic carboxylic acids is 1. The highest BCUT2D eigenvalue weighted by Gasteiger charge is 2.25. The Morgan fingerprint density at radius 3 is 2.08 bits per heavy atom. The number of rotatable bonds is 16. The van der Waals surface area contributed by atoms with Crippen molar-refractivity contribution < 1.29 is 28.2 Å². The second-order valence-corrected chi connectivity index (χ2v) is 7.79. The van der Waals surface area contributed by atoms with Crippen molar-refractivity contribution in [3.05, 3.63) is 0 Å². The van der Waals surface area contributed by atoms with E-state index in [4.69, 9.17) is 5.11 Å². The fraction of sp³-hybridized carbons (Fsp3) is 0.944. The second kappa shape index (κ2) is 14.7. The molecule has 2 unspecified atom stereocenters. The van der Waals surface area contributed by atoms with Crippen LogP contribution in [0.4, 0.5) is 13.2 Å². The normalized spacial score (nSPS) is 14.4. The maximum atomic E-state index is 12.0. The lowest BCUT2D eigenvalue weighted by atomic mass is 10.0. The van der Waals surface area contributed by atoms with Gasteiger partial charge in [-0.2, -0.15) is 24.9 Å². The molecular weight excluding hydrogens is 353 g/mol. The van der Waals surface area contributed by atoms with E-state index in [2.05, 4.69) is 6.26 Å². The molecule has 25 heavy (non-hydrogen) atoms. The van der Waals surface area contributed by atoms with Crippen LogP contribution in [0.15, 0.2) is 0 Å². The molecule has 0 fully saturated rings. The lowest BCUT2D eigenvalue weighted by molar-refractivity contribution is -0.137. The molecule has 150 valence electrons. The lowest BCUT2D eigenvalue weighted by Crippen LogP contribution is -2.10. The third-order valence-corrected chi connectivity index (χ3v) is 5.45. The molecule has 3 nitrogen and oxygen atoms in total. The van der Waals surface area contributed by atoms with Gasteiger partial charge in [0.2, 0.25) is 0 Å². The smallest absolute Gasteiger partial charge is 0.389 e. The molecular formula is C18H33F3O3S. The molecule has 0 saturated carbocycles. The molecule has 0 spiro atoms. The number of thioether (sulfide) groups is 1. The first-order chi connectivity index (χ1) is 11.7. The van der Waals surface area contributed by atoms with Crippen LogP contribution in [0, 0.1) is 0 Å². The number of halogens is 3. The summed E-state index contributed by atoms with van der Waals surface area (Å²) in [6, 6.07) is 0. The first-order valence-corrected chi connectivity index (χ1v) is 10.5. The zero-order chi connectivity index (χ0) is 19.1. The van der Waals surface area contributed by atoms with E-state index in [-0.39, 0.29) is 12.8 Å². The minimum atomic E-state index is -4.09. The quantitative estimate of drug-likeness (QED) is 0.329. The number of carboxylic acid groups (broad SMARTS) is 1. The van der Waals surface area contributed by atoms with Crippen molar-refractivity contribution in [2.75, 3.05) is 6.26 Å². The van der Waals surface area contributed by atoms with Crippen molar-refractivity contribution in [2.45, 2.75) is 101 Å². The number of carboxylic acids is 1. The maximum absolute atomic E-state index is 12.0. The van der Waals surface area contributed by atoms with Crippen LogP contribution >= 0.6 is 11.8 Å². The van der Waals surface area contributed by atoms with Crippen molar-refractivity contribution in [1.29, 1.82) is 0 Å². The summed E-state index contributed by atoms with van der Waals surface area (Å²) in [4.78, 5) is 10.4. The minimum Gasteiger partial charge on any atom is -0.481 e. The van der Waals surface area contributed by atoms with Gasteiger partial charge in [-0.05, 0) is 51.2 Å². The minimum absolute atomic E-state index is 0.0931. The SMILES string of the molecule is CSC(CCCCCCC(=O)O)CCCC(O)CCCCC(F)(F)F. The van der Waals surface area contributed by atoms with Gasteiger partial charge in [0.15, 0.2) is 0 Å². The Morgan fingerprint density at radius 2 is 1.48 bits per heavy atom. The Kier molecular flexibility index (Phi) is 14.5. The van der Waals surface area contributed by atoms with Gasteiger partial charge in [0, 0.05) is 18.1 Å². The summed E-state index contributed by atoms with van der Waals surface area (Å²) in [5.41, 5.74) is 0. The van der Waals surface area contributed by atoms with Crippen molar-refractivity contribution >= 4 is 17.7 Å². The largest absolute Gasteiger partial charge is 0.481 e. The highest BCUT2D eigenvalue weighted by Crippen LogP contribution is 2.24. The third-order valence-electron chi connectivity index (χ3n) is 4.31. The molecule has 0 aliphatic carbocycles. The number of hydrogen-bond donors (Lipinski definition) is 2. The Balaban J connectivity index is 3.59. The predicted molar refractivity (Wildman–Crippen MR) is 97.0 cm³/mol. The summed E-state index contributed by atoms with van der Waals surface area (Å²) in [6.45, 7) is 0. The summed E-state index contributed by atoms with van der Waals surface area (Å²) < 4.78 is 36.1. The van der Waals surface area contributed by atoms with Crippen LogP contribution in [0.2, 0.25) is 0 Å². The Bertz CT molecular complexity index is 338. The molecule has 2 atom stereocenters. The second-order valence-electron chi connectivity index (χ2n) is 6.65. The van der Waals surface area contributed by atoms with Gasteiger partial charge in [0.1, 0.15) is 0 Å². The molecule has 2 N–H and O–H groups in total. The van der Waals surface area contributed by atoms with E-state index in [0.717, 1.165) is 44.9 Å². The summed E-state index contributed by atoms with van der Waals surface area (Å²) in [7, 11) is 0. The average molecular weight is 387 g/mol. The van der Waals surface area contributed by atoms with Gasteiger partial charge in [-0.1, -0.05) is 25.7 Å². The van der Waals surface area contributed by atoms with Crippen LogP contribution in [-0.4, -0.2) is 40.0 Å². The number of aliphatic hydroxyl groups excluding tert-OH is 1. The first kappa shape index (κ1) is 24.6. The molecule has 0 aromatic carbocycles. The van der Waals surface area contributed by atoms with Gasteiger partial charge in [-0.15, -0.1) is 0 Å². The fourth-order valence-corrected chi connectivity index (χ4v) is 3.62. The van der Waals surface area contributed by atoms with Gasteiger partial charge < -0.3 is 10.2 Å². The van der Waals surface area contributed by atoms with E-state index >= 15 is 0 Å². The van der Waals surface area contributed by atoms with E-state index in [1.807, 2.05) is 11.8 Å². The molecule has 0 heterocycles. The number of aliphatic hydroxyl groups is 1. The van der Waals surface area contributed by atoms with Crippen LogP contribution in [0.5, 0.6) is 0 Å². The molecule has 7 heteroatoms. The van der Waals surface area contributed by atoms with Gasteiger partial charge in [0.05, 0.1) is 6.10 Å². The Morgan fingerprint density at radius 1 is 0.920 bits per heavy atom. The van der Waals surface area contributed by atoms with Gasteiger partial charge in [0.25, 0.3) is 0 Å². The lowest BCUT2D eigenvalue weighted by Gasteiger charge is -2.16. The number of alkyl halides is 3. The molecule has 0 aromatic heterocycles. The van der Waals surface area contributed by atoms with E-state index in [1.54, 1.807) is 0 Å². The maximum Gasteiger partial charge on any atom is 0.389 e. The predicted octanol–water partition coefficient (Wildman–Crippen LogP) is 5.80.